The first-order valence-corrected chi connectivity index (χ1v) is 6.78. The fourth-order valence-electron chi connectivity index (χ4n) is 1.81. The van der Waals surface area contributed by atoms with Crippen molar-refractivity contribution >= 4 is 11.3 Å². The number of thiazole rings is 1. The van der Waals surface area contributed by atoms with E-state index in [4.69, 9.17) is 0 Å². The van der Waals surface area contributed by atoms with Crippen molar-refractivity contribution in [2.75, 3.05) is 0 Å². The summed E-state index contributed by atoms with van der Waals surface area (Å²) in [6.07, 6.45) is -2.97. The molecule has 0 spiro atoms. The van der Waals surface area contributed by atoms with Crippen LogP contribution in [0.25, 0.3) is 0 Å². The van der Waals surface area contributed by atoms with Crippen molar-refractivity contribution in [1.82, 2.24) is 4.98 Å². The topological polar surface area (TPSA) is 33.1 Å². The molecule has 1 atom stereocenters. The second-order valence-corrected chi connectivity index (χ2v) is 5.73. The summed E-state index contributed by atoms with van der Waals surface area (Å²) in [4.78, 5) is 5.46. The highest BCUT2D eigenvalue weighted by molar-refractivity contribution is 7.11. The van der Waals surface area contributed by atoms with Crippen LogP contribution < -0.4 is 0 Å². The van der Waals surface area contributed by atoms with Gasteiger partial charge in [0.25, 0.3) is 6.43 Å². The molecule has 0 saturated carbocycles. The summed E-state index contributed by atoms with van der Waals surface area (Å²) in [6.45, 7) is 3.89. The summed E-state index contributed by atoms with van der Waals surface area (Å²) < 4.78 is 25.2. The highest BCUT2D eigenvalue weighted by atomic mass is 32.1. The van der Waals surface area contributed by atoms with Gasteiger partial charge in [-0.1, -0.05) is 18.2 Å². The van der Waals surface area contributed by atoms with E-state index in [0.29, 0.717) is 12.0 Å². The molecule has 5 heteroatoms. The highest BCUT2D eigenvalue weighted by Gasteiger charge is 2.14. The maximum absolute atomic E-state index is 12.6. The van der Waals surface area contributed by atoms with E-state index in [1.807, 2.05) is 13.8 Å². The molecule has 19 heavy (non-hydrogen) atoms. The van der Waals surface area contributed by atoms with Crippen LogP contribution in [0, 0.1) is 13.8 Å². The second kappa shape index (κ2) is 5.75. The molecular weight excluding hydrogens is 268 g/mol. The molecule has 0 aliphatic heterocycles. The molecule has 2 nitrogen and oxygen atoms in total. The Balaban J connectivity index is 2.15. The van der Waals surface area contributed by atoms with Crippen LogP contribution in [0.15, 0.2) is 24.3 Å². The molecule has 0 amide bonds. The number of alkyl halides is 2. The average Bonchev–Trinajstić information content (AvgIpc) is 2.68. The summed E-state index contributed by atoms with van der Waals surface area (Å²) in [5.41, 5.74) is 1.39. The Bertz CT molecular complexity index is 549. The largest absolute Gasteiger partial charge is 0.388 e. The predicted octanol–water partition coefficient (Wildman–Crippen LogP) is 3.97. The zero-order valence-electron chi connectivity index (χ0n) is 10.7. The average molecular weight is 283 g/mol. The summed E-state index contributed by atoms with van der Waals surface area (Å²) in [5, 5.41) is 10.9. The fraction of sp³-hybridized carbons (Fsp3) is 0.357. The summed E-state index contributed by atoms with van der Waals surface area (Å²) >= 11 is 1.53. The van der Waals surface area contributed by atoms with Gasteiger partial charge in [0.2, 0.25) is 0 Å². The minimum Gasteiger partial charge on any atom is -0.388 e. The van der Waals surface area contributed by atoms with Crippen LogP contribution >= 0.6 is 11.3 Å². The zero-order chi connectivity index (χ0) is 14.0. The lowest BCUT2D eigenvalue weighted by molar-refractivity contribution is 0.149. The van der Waals surface area contributed by atoms with Crippen LogP contribution in [0.4, 0.5) is 8.78 Å². The number of aromatic nitrogens is 1. The first kappa shape index (κ1) is 14.1. The Hall–Kier alpha value is -1.33. The second-order valence-electron chi connectivity index (χ2n) is 4.44. The molecule has 102 valence electrons. The third-order valence-electron chi connectivity index (χ3n) is 2.99. The van der Waals surface area contributed by atoms with E-state index >= 15 is 0 Å². The first-order chi connectivity index (χ1) is 8.97. The fourth-order valence-corrected chi connectivity index (χ4v) is 2.78. The molecule has 1 aromatic carbocycles. The number of benzene rings is 1. The van der Waals surface area contributed by atoms with E-state index in [-0.39, 0.29) is 5.56 Å². The van der Waals surface area contributed by atoms with Crippen molar-refractivity contribution in [3.63, 3.8) is 0 Å². The number of nitrogens with zero attached hydrogens (tertiary/aromatic N) is 1. The van der Waals surface area contributed by atoms with Crippen LogP contribution in [0.1, 0.15) is 39.2 Å². The van der Waals surface area contributed by atoms with Gasteiger partial charge in [-0.15, -0.1) is 11.3 Å². The van der Waals surface area contributed by atoms with Crippen molar-refractivity contribution in [3.8, 4) is 0 Å². The van der Waals surface area contributed by atoms with Crippen LogP contribution in [0.2, 0.25) is 0 Å². The van der Waals surface area contributed by atoms with Gasteiger partial charge >= 0.3 is 0 Å². The van der Waals surface area contributed by atoms with E-state index in [9.17, 15) is 13.9 Å². The number of aliphatic hydroxyl groups excluding tert-OH is 1. The molecule has 0 fully saturated rings. The van der Waals surface area contributed by atoms with Gasteiger partial charge in [-0.25, -0.2) is 13.8 Å². The minimum atomic E-state index is -2.52. The Morgan fingerprint density at radius 2 is 1.95 bits per heavy atom. The number of aliphatic hydroxyl groups is 1. The van der Waals surface area contributed by atoms with Crippen molar-refractivity contribution in [1.29, 1.82) is 0 Å². The highest BCUT2D eigenvalue weighted by Crippen LogP contribution is 2.26. The van der Waals surface area contributed by atoms with Crippen LogP contribution in [-0.4, -0.2) is 10.1 Å². The molecule has 2 rings (SSSR count). The summed E-state index contributed by atoms with van der Waals surface area (Å²) in [5.74, 6) is 0. The molecule has 1 heterocycles. The van der Waals surface area contributed by atoms with E-state index in [0.717, 1.165) is 15.6 Å². The lowest BCUT2D eigenvalue weighted by Crippen LogP contribution is -2.02. The van der Waals surface area contributed by atoms with E-state index in [2.05, 4.69) is 4.98 Å². The molecule has 0 aliphatic rings. The number of hydrogen-bond donors (Lipinski definition) is 1. The number of hydrogen-bond acceptors (Lipinski definition) is 3. The molecule has 0 radical (unpaired) electrons. The van der Waals surface area contributed by atoms with Crippen molar-refractivity contribution < 1.29 is 13.9 Å². The SMILES string of the molecule is Cc1nc(CC(O)c2cccc(C(F)F)c2)sc1C. The van der Waals surface area contributed by atoms with Crippen LogP contribution in [0.3, 0.4) is 0 Å². The number of halogens is 2. The van der Waals surface area contributed by atoms with Crippen LogP contribution in [0.5, 0.6) is 0 Å². The van der Waals surface area contributed by atoms with Gasteiger partial charge in [0.15, 0.2) is 0 Å². The molecular formula is C14H15F2NOS. The Morgan fingerprint density at radius 3 is 2.53 bits per heavy atom. The van der Waals surface area contributed by atoms with Gasteiger partial charge in [-0.2, -0.15) is 0 Å². The molecule has 0 aliphatic carbocycles. The van der Waals surface area contributed by atoms with Gasteiger partial charge in [0.05, 0.1) is 16.8 Å². The minimum absolute atomic E-state index is 0.0666. The Labute approximate surface area is 114 Å². The van der Waals surface area contributed by atoms with Gasteiger partial charge in [-0.05, 0) is 25.5 Å². The molecule has 1 unspecified atom stereocenters. The third kappa shape index (κ3) is 3.36. The first-order valence-electron chi connectivity index (χ1n) is 5.96. The summed E-state index contributed by atoms with van der Waals surface area (Å²) in [6, 6.07) is 5.91. The van der Waals surface area contributed by atoms with E-state index in [1.54, 1.807) is 12.1 Å². The lowest BCUT2D eigenvalue weighted by atomic mass is 10.0. The van der Waals surface area contributed by atoms with Gasteiger partial charge < -0.3 is 5.11 Å². The van der Waals surface area contributed by atoms with Crippen molar-refractivity contribution in [3.05, 3.63) is 51.0 Å². The zero-order valence-corrected chi connectivity index (χ0v) is 11.5. The normalized spacial score (nSPS) is 12.9. The lowest BCUT2D eigenvalue weighted by Gasteiger charge is -2.10. The van der Waals surface area contributed by atoms with E-state index in [1.165, 1.54) is 23.5 Å². The van der Waals surface area contributed by atoms with Gasteiger partial charge in [0, 0.05) is 16.9 Å². The molecule has 1 N–H and O–H groups in total. The standard InChI is InChI=1S/C14H15F2NOS/c1-8-9(2)19-13(17-8)7-12(18)10-4-3-5-11(6-10)14(15)16/h3-6,12,14,18H,7H2,1-2H3. The maximum atomic E-state index is 12.6. The number of aryl methyl sites for hydroxylation is 2. The van der Waals surface area contributed by atoms with Gasteiger partial charge in [-0.3, -0.25) is 0 Å². The van der Waals surface area contributed by atoms with Crippen molar-refractivity contribution in [2.45, 2.75) is 32.8 Å². The molecule has 2 aromatic rings. The molecule has 0 bridgehead atoms. The van der Waals surface area contributed by atoms with Crippen molar-refractivity contribution in [2.24, 2.45) is 0 Å². The smallest absolute Gasteiger partial charge is 0.263 e. The predicted molar refractivity (Wildman–Crippen MR) is 71.7 cm³/mol. The monoisotopic (exact) mass is 283 g/mol. The van der Waals surface area contributed by atoms with E-state index < -0.39 is 12.5 Å². The van der Waals surface area contributed by atoms with Gasteiger partial charge in [0.1, 0.15) is 0 Å². The Kier molecular flexibility index (Phi) is 4.27. The van der Waals surface area contributed by atoms with Crippen LogP contribution in [-0.2, 0) is 6.42 Å². The maximum Gasteiger partial charge on any atom is 0.263 e. The number of rotatable bonds is 4. The third-order valence-corrected chi connectivity index (χ3v) is 4.08. The summed E-state index contributed by atoms with van der Waals surface area (Å²) in [7, 11) is 0. The molecule has 1 aromatic heterocycles. The Morgan fingerprint density at radius 1 is 1.26 bits per heavy atom. The molecule has 0 saturated heterocycles. The quantitative estimate of drug-likeness (QED) is 0.921.